The van der Waals surface area contributed by atoms with Crippen molar-refractivity contribution in [1.29, 1.82) is 0 Å². The van der Waals surface area contributed by atoms with E-state index in [1.165, 1.54) is 20.3 Å². The molecule has 2 heterocycles. The first-order chi connectivity index (χ1) is 12.0. The van der Waals surface area contributed by atoms with Gasteiger partial charge in [0.05, 0.1) is 30.8 Å². The number of imidazole rings is 1. The third-order valence-electron chi connectivity index (χ3n) is 3.75. The van der Waals surface area contributed by atoms with Gasteiger partial charge in [-0.1, -0.05) is 6.08 Å². The molecule has 25 heavy (non-hydrogen) atoms. The van der Waals surface area contributed by atoms with E-state index in [-0.39, 0.29) is 11.3 Å². The Labute approximate surface area is 144 Å². The molecule has 0 aliphatic carbocycles. The van der Waals surface area contributed by atoms with E-state index in [2.05, 4.69) is 9.97 Å². The largest absolute Gasteiger partial charge is 0.465 e. The SMILES string of the molecule is COC(=O)C1=C(C(=O)OC)N(c2ccc3nc(C)[nH]c3c2)C=CC=C1. The number of methoxy groups -OCH3 is 2. The Kier molecular flexibility index (Phi) is 4.38. The molecule has 128 valence electrons. The van der Waals surface area contributed by atoms with Crippen LogP contribution in [0.4, 0.5) is 5.69 Å². The number of aromatic nitrogens is 2. The fraction of sp³-hybridized carbons (Fsp3) is 0.167. The standard InChI is InChI=1S/C18H17N3O4/c1-11-19-14-8-7-12(10-15(14)20-11)21-9-5-4-6-13(17(22)24-2)16(21)18(23)25-3/h4-10H,1-3H3,(H,19,20). The van der Waals surface area contributed by atoms with Crippen LogP contribution in [0, 0.1) is 6.92 Å². The number of nitrogens with zero attached hydrogens (tertiary/aromatic N) is 2. The molecular formula is C18H17N3O4. The summed E-state index contributed by atoms with van der Waals surface area (Å²) in [7, 11) is 2.53. The summed E-state index contributed by atoms with van der Waals surface area (Å²) in [6.07, 6.45) is 6.59. The molecule has 2 aromatic rings. The van der Waals surface area contributed by atoms with E-state index in [9.17, 15) is 9.59 Å². The van der Waals surface area contributed by atoms with Crippen LogP contribution < -0.4 is 4.90 Å². The van der Waals surface area contributed by atoms with Crippen molar-refractivity contribution in [2.24, 2.45) is 0 Å². The highest BCUT2D eigenvalue weighted by Gasteiger charge is 2.27. The summed E-state index contributed by atoms with van der Waals surface area (Å²) >= 11 is 0. The van der Waals surface area contributed by atoms with Crippen LogP contribution in [0.15, 0.2) is 53.9 Å². The van der Waals surface area contributed by atoms with Gasteiger partial charge in [-0.2, -0.15) is 0 Å². The number of H-pyrrole nitrogens is 1. The number of rotatable bonds is 3. The van der Waals surface area contributed by atoms with E-state index in [1.807, 2.05) is 25.1 Å². The lowest BCUT2D eigenvalue weighted by atomic mass is 10.1. The Morgan fingerprint density at radius 1 is 1.12 bits per heavy atom. The Balaban J connectivity index is 2.18. The zero-order chi connectivity index (χ0) is 18.0. The lowest BCUT2D eigenvalue weighted by molar-refractivity contribution is -0.139. The maximum absolute atomic E-state index is 12.4. The molecule has 7 heteroatoms. The Morgan fingerprint density at radius 3 is 2.60 bits per heavy atom. The number of hydrogen-bond acceptors (Lipinski definition) is 6. The number of hydrogen-bond donors (Lipinski definition) is 1. The molecule has 0 fully saturated rings. The molecule has 1 aromatic heterocycles. The van der Waals surface area contributed by atoms with Crippen LogP contribution in [0.2, 0.25) is 0 Å². The van der Waals surface area contributed by atoms with Gasteiger partial charge in [0.1, 0.15) is 11.5 Å². The number of allylic oxidation sites excluding steroid dienone is 2. The lowest BCUT2D eigenvalue weighted by Crippen LogP contribution is -2.26. The minimum Gasteiger partial charge on any atom is -0.465 e. The van der Waals surface area contributed by atoms with Gasteiger partial charge in [-0.05, 0) is 37.3 Å². The van der Waals surface area contributed by atoms with Crippen molar-refractivity contribution in [3.05, 3.63) is 59.7 Å². The number of anilines is 1. The minimum absolute atomic E-state index is 0.0786. The summed E-state index contributed by atoms with van der Waals surface area (Å²) in [6.45, 7) is 1.87. The zero-order valence-corrected chi connectivity index (χ0v) is 14.1. The summed E-state index contributed by atoms with van der Waals surface area (Å²) in [5.74, 6) is -0.472. The molecule has 0 saturated heterocycles. The second kappa shape index (κ2) is 6.64. The second-order valence-corrected chi connectivity index (χ2v) is 5.34. The summed E-state index contributed by atoms with van der Waals surface area (Å²) in [5.41, 5.74) is 2.51. The van der Waals surface area contributed by atoms with E-state index < -0.39 is 11.9 Å². The highest BCUT2D eigenvalue weighted by Crippen LogP contribution is 2.28. The van der Waals surface area contributed by atoms with Crippen molar-refractivity contribution in [3.63, 3.8) is 0 Å². The molecule has 7 nitrogen and oxygen atoms in total. The Morgan fingerprint density at radius 2 is 1.88 bits per heavy atom. The number of aryl methyl sites for hydroxylation is 1. The fourth-order valence-electron chi connectivity index (χ4n) is 2.64. The van der Waals surface area contributed by atoms with Gasteiger partial charge in [0, 0.05) is 11.9 Å². The van der Waals surface area contributed by atoms with Crippen LogP contribution in [-0.2, 0) is 19.1 Å². The van der Waals surface area contributed by atoms with Crippen molar-refractivity contribution in [3.8, 4) is 0 Å². The first-order valence-corrected chi connectivity index (χ1v) is 7.56. The van der Waals surface area contributed by atoms with Crippen LogP contribution in [0.3, 0.4) is 0 Å². The van der Waals surface area contributed by atoms with Gasteiger partial charge in [0.15, 0.2) is 0 Å². The summed E-state index contributed by atoms with van der Waals surface area (Å²) in [4.78, 5) is 33.6. The Bertz CT molecular complexity index is 937. The van der Waals surface area contributed by atoms with Crippen LogP contribution >= 0.6 is 0 Å². The summed E-state index contributed by atoms with van der Waals surface area (Å²) < 4.78 is 9.68. The number of fused-ring (bicyclic) bond motifs is 1. The first-order valence-electron chi connectivity index (χ1n) is 7.56. The zero-order valence-electron chi connectivity index (χ0n) is 14.1. The highest BCUT2D eigenvalue weighted by atomic mass is 16.5. The molecule has 1 N–H and O–H groups in total. The molecule has 0 unspecified atom stereocenters. The van der Waals surface area contributed by atoms with Gasteiger partial charge in [-0.15, -0.1) is 0 Å². The van der Waals surface area contributed by atoms with E-state index in [0.29, 0.717) is 5.69 Å². The topological polar surface area (TPSA) is 84.5 Å². The smallest absolute Gasteiger partial charge is 0.355 e. The molecule has 1 aliphatic rings. The number of ether oxygens (including phenoxy) is 2. The van der Waals surface area contributed by atoms with Gasteiger partial charge >= 0.3 is 11.9 Å². The fourth-order valence-corrected chi connectivity index (χ4v) is 2.64. The number of benzene rings is 1. The van der Waals surface area contributed by atoms with Crippen molar-refractivity contribution in [2.75, 3.05) is 19.1 Å². The van der Waals surface area contributed by atoms with Crippen molar-refractivity contribution < 1.29 is 19.1 Å². The number of esters is 2. The van der Waals surface area contributed by atoms with Crippen molar-refractivity contribution >= 4 is 28.7 Å². The van der Waals surface area contributed by atoms with Crippen LogP contribution in [0.5, 0.6) is 0 Å². The third kappa shape index (κ3) is 3.03. The number of carbonyl (C=O) groups is 2. The minimum atomic E-state index is -0.641. The molecule has 1 aliphatic heterocycles. The average Bonchev–Trinajstić information content (AvgIpc) is 2.85. The van der Waals surface area contributed by atoms with Crippen molar-refractivity contribution in [1.82, 2.24) is 9.97 Å². The Hall–Kier alpha value is -3.35. The molecular weight excluding hydrogens is 322 g/mol. The lowest BCUT2D eigenvalue weighted by Gasteiger charge is -2.23. The van der Waals surface area contributed by atoms with Crippen LogP contribution in [-0.4, -0.2) is 36.1 Å². The molecule has 0 radical (unpaired) electrons. The quantitative estimate of drug-likeness (QED) is 0.864. The number of aromatic amines is 1. The van der Waals surface area contributed by atoms with Gasteiger partial charge < -0.3 is 19.4 Å². The normalized spacial score (nSPS) is 14.0. The number of carbonyl (C=O) groups excluding carboxylic acids is 2. The maximum atomic E-state index is 12.4. The molecule has 0 bridgehead atoms. The average molecular weight is 339 g/mol. The molecule has 0 atom stereocenters. The highest BCUT2D eigenvalue weighted by molar-refractivity contribution is 6.05. The molecule has 3 rings (SSSR count). The van der Waals surface area contributed by atoms with Gasteiger partial charge in [0.2, 0.25) is 0 Å². The maximum Gasteiger partial charge on any atom is 0.355 e. The third-order valence-corrected chi connectivity index (χ3v) is 3.75. The monoisotopic (exact) mass is 339 g/mol. The van der Waals surface area contributed by atoms with Gasteiger partial charge in [-0.3, -0.25) is 0 Å². The first kappa shape index (κ1) is 16.5. The molecule has 0 spiro atoms. The van der Waals surface area contributed by atoms with E-state index >= 15 is 0 Å². The molecule has 1 aromatic carbocycles. The van der Waals surface area contributed by atoms with E-state index in [4.69, 9.17) is 9.47 Å². The van der Waals surface area contributed by atoms with E-state index in [0.717, 1.165) is 16.9 Å². The van der Waals surface area contributed by atoms with Gasteiger partial charge in [-0.25, -0.2) is 14.6 Å². The van der Waals surface area contributed by atoms with Crippen LogP contribution in [0.25, 0.3) is 11.0 Å². The van der Waals surface area contributed by atoms with Crippen molar-refractivity contribution in [2.45, 2.75) is 6.92 Å². The summed E-state index contributed by atoms with van der Waals surface area (Å²) in [6, 6.07) is 5.51. The molecule has 0 amide bonds. The van der Waals surface area contributed by atoms with E-state index in [1.54, 1.807) is 23.3 Å². The van der Waals surface area contributed by atoms with Gasteiger partial charge in [0.25, 0.3) is 0 Å². The predicted octanol–water partition coefficient (Wildman–Crippen LogP) is 2.36. The number of nitrogens with one attached hydrogen (secondary N) is 1. The second-order valence-electron chi connectivity index (χ2n) is 5.34. The van der Waals surface area contributed by atoms with Crippen LogP contribution in [0.1, 0.15) is 5.82 Å². The summed E-state index contributed by atoms with van der Waals surface area (Å²) in [5, 5.41) is 0. The predicted molar refractivity (Wildman–Crippen MR) is 92.6 cm³/mol. The molecule has 0 saturated carbocycles.